The number of benzene rings is 1. The number of rotatable bonds is 2. The van der Waals surface area contributed by atoms with Gasteiger partial charge < -0.3 is 16.6 Å². The molecule has 3 nitrogen and oxygen atoms in total. The molecule has 15 heavy (non-hydrogen) atoms. The highest BCUT2D eigenvalue weighted by Crippen LogP contribution is 2.19. The summed E-state index contributed by atoms with van der Waals surface area (Å²) < 4.78 is 0. The predicted octanol–water partition coefficient (Wildman–Crippen LogP) is 2.27. The van der Waals surface area contributed by atoms with Gasteiger partial charge in [0.05, 0.1) is 5.69 Å². The molecule has 0 aliphatic rings. The summed E-state index contributed by atoms with van der Waals surface area (Å²) in [6, 6.07) is 5.13. The first-order valence-electron chi connectivity index (χ1n) is 5.22. The van der Waals surface area contributed by atoms with Gasteiger partial charge in [0.2, 0.25) is 0 Å². The molecule has 3 heteroatoms. The lowest BCUT2D eigenvalue weighted by atomic mass is 10.1. The SMILES string of the molecule is CC(C)CCN.Cc1ccc(O)c(N)c1. The summed E-state index contributed by atoms with van der Waals surface area (Å²) in [6.07, 6.45) is 1.15. The van der Waals surface area contributed by atoms with E-state index >= 15 is 0 Å². The number of hydrogen-bond donors (Lipinski definition) is 3. The van der Waals surface area contributed by atoms with Crippen molar-refractivity contribution in [1.29, 1.82) is 0 Å². The average molecular weight is 210 g/mol. The smallest absolute Gasteiger partial charge is 0.138 e. The van der Waals surface area contributed by atoms with E-state index in [1.807, 2.05) is 13.0 Å². The molecular formula is C12H22N2O. The maximum atomic E-state index is 8.92. The number of phenolic OH excluding ortho intramolecular Hbond substituents is 1. The van der Waals surface area contributed by atoms with Crippen LogP contribution < -0.4 is 11.5 Å². The Kier molecular flexibility index (Phi) is 6.54. The van der Waals surface area contributed by atoms with Gasteiger partial charge in [-0.1, -0.05) is 19.9 Å². The molecule has 0 saturated carbocycles. The maximum Gasteiger partial charge on any atom is 0.138 e. The summed E-state index contributed by atoms with van der Waals surface area (Å²) in [5.74, 6) is 0.926. The van der Waals surface area contributed by atoms with E-state index in [9.17, 15) is 0 Å². The minimum Gasteiger partial charge on any atom is -0.506 e. The zero-order valence-corrected chi connectivity index (χ0v) is 9.83. The van der Waals surface area contributed by atoms with Crippen molar-refractivity contribution in [3.63, 3.8) is 0 Å². The number of nitrogens with two attached hydrogens (primary N) is 2. The molecule has 1 rings (SSSR count). The van der Waals surface area contributed by atoms with Crippen LogP contribution in [0.1, 0.15) is 25.8 Å². The van der Waals surface area contributed by atoms with Crippen molar-refractivity contribution in [3.8, 4) is 5.75 Å². The number of phenols is 1. The molecule has 86 valence electrons. The van der Waals surface area contributed by atoms with Gasteiger partial charge >= 0.3 is 0 Å². The molecule has 0 fully saturated rings. The van der Waals surface area contributed by atoms with Gasteiger partial charge in [-0.05, 0) is 43.5 Å². The Labute approximate surface area is 92.1 Å². The Morgan fingerprint density at radius 2 is 1.93 bits per heavy atom. The number of anilines is 1. The second-order valence-corrected chi connectivity index (χ2v) is 4.03. The zero-order chi connectivity index (χ0) is 11.8. The molecule has 1 aromatic rings. The fraction of sp³-hybridized carbons (Fsp3) is 0.500. The fourth-order valence-electron chi connectivity index (χ4n) is 1.01. The molecular weight excluding hydrogens is 188 g/mol. The standard InChI is InChI=1S/C7H9NO.C5H13N/c1-5-2-3-7(9)6(8)4-5;1-5(2)3-4-6/h2-4,9H,8H2,1H3;5H,3-4,6H2,1-2H3. The molecule has 0 aliphatic carbocycles. The number of aromatic hydroxyl groups is 1. The third-order valence-electron chi connectivity index (χ3n) is 1.93. The predicted molar refractivity (Wildman–Crippen MR) is 65.8 cm³/mol. The van der Waals surface area contributed by atoms with Gasteiger partial charge in [-0.2, -0.15) is 0 Å². The van der Waals surface area contributed by atoms with Crippen LogP contribution in [0.15, 0.2) is 18.2 Å². The van der Waals surface area contributed by atoms with Crippen molar-refractivity contribution in [3.05, 3.63) is 23.8 Å². The Bertz CT molecular complexity index is 285. The Morgan fingerprint density at radius 1 is 1.33 bits per heavy atom. The van der Waals surface area contributed by atoms with E-state index in [2.05, 4.69) is 13.8 Å². The van der Waals surface area contributed by atoms with Gasteiger partial charge in [-0.15, -0.1) is 0 Å². The fourth-order valence-corrected chi connectivity index (χ4v) is 1.01. The first-order valence-corrected chi connectivity index (χ1v) is 5.22. The van der Waals surface area contributed by atoms with Crippen LogP contribution in [0.5, 0.6) is 5.75 Å². The van der Waals surface area contributed by atoms with Gasteiger partial charge in [-0.3, -0.25) is 0 Å². The summed E-state index contributed by atoms with van der Waals surface area (Å²) >= 11 is 0. The summed E-state index contributed by atoms with van der Waals surface area (Å²) in [4.78, 5) is 0. The second-order valence-electron chi connectivity index (χ2n) is 4.03. The molecule has 0 unspecified atom stereocenters. The molecule has 0 amide bonds. The molecule has 0 saturated heterocycles. The quantitative estimate of drug-likeness (QED) is 0.518. The van der Waals surface area contributed by atoms with Crippen molar-refractivity contribution in [2.75, 3.05) is 12.3 Å². The van der Waals surface area contributed by atoms with Crippen molar-refractivity contribution < 1.29 is 5.11 Å². The largest absolute Gasteiger partial charge is 0.506 e. The monoisotopic (exact) mass is 210 g/mol. The van der Waals surface area contributed by atoms with Crippen molar-refractivity contribution in [1.82, 2.24) is 0 Å². The van der Waals surface area contributed by atoms with Gasteiger partial charge in [0.1, 0.15) is 5.75 Å². The van der Waals surface area contributed by atoms with Crippen LogP contribution in [0.2, 0.25) is 0 Å². The van der Waals surface area contributed by atoms with E-state index in [4.69, 9.17) is 16.6 Å². The Balaban J connectivity index is 0.000000288. The van der Waals surface area contributed by atoms with Gasteiger partial charge in [0, 0.05) is 0 Å². The van der Waals surface area contributed by atoms with Crippen LogP contribution in [-0.2, 0) is 0 Å². The molecule has 0 spiro atoms. The molecule has 1 aromatic carbocycles. The summed E-state index contributed by atoms with van der Waals surface area (Å²) in [5.41, 5.74) is 12.1. The summed E-state index contributed by atoms with van der Waals surface area (Å²) in [5, 5.41) is 8.92. The van der Waals surface area contributed by atoms with Gasteiger partial charge in [-0.25, -0.2) is 0 Å². The normalized spacial score (nSPS) is 9.67. The highest BCUT2D eigenvalue weighted by Gasteiger charge is 1.92. The van der Waals surface area contributed by atoms with Crippen molar-refractivity contribution in [2.24, 2.45) is 11.7 Å². The van der Waals surface area contributed by atoms with Crippen LogP contribution in [0.3, 0.4) is 0 Å². The number of hydrogen-bond acceptors (Lipinski definition) is 3. The lowest BCUT2D eigenvalue weighted by Crippen LogP contribution is -2.01. The second kappa shape index (κ2) is 7.12. The lowest BCUT2D eigenvalue weighted by molar-refractivity contribution is 0.478. The van der Waals surface area contributed by atoms with E-state index < -0.39 is 0 Å². The zero-order valence-electron chi connectivity index (χ0n) is 9.83. The first kappa shape index (κ1) is 13.8. The van der Waals surface area contributed by atoms with Gasteiger partial charge in [0.25, 0.3) is 0 Å². The highest BCUT2D eigenvalue weighted by atomic mass is 16.3. The number of nitrogen functional groups attached to an aromatic ring is 1. The van der Waals surface area contributed by atoms with Crippen LogP contribution in [0, 0.1) is 12.8 Å². The first-order chi connectivity index (χ1) is 6.97. The van der Waals surface area contributed by atoms with Crippen LogP contribution >= 0.6 is 0 Å². The van der Waals surface area contributed by atoms with Crippen molar-refractivity contribution >= 4 is 5.69 Å². The molecule has 0 heterocycles. The third-order valence-corrected chi connectivity index (χ3v) is 1.93. The minimum absolute atomic E-state index is 0.153. The van der Waals surface area contributed by atoms with E-state index in [-0.39, 0.29) is 5.75 Å². The van der Waals surface area contributed by atoms with Crippen molar-refractivity contribution in [2.45, 2.75) is 27.2 Å². The molecule has 0 aromatic heterocycles. The Morgan fingerprint density at radius 3 is 2.20 bits per heavy atom. The summed E-state index contributed by atoms with van der Waals surface area (Å²) in [6.45, 7) is 7.10. The summed E-state index contributed by atoms with van der Waals surface area (Å²) in [7, 11) is 0. The highest BCUT2D eigenvalue weighted by molar-refractivity contribution is 5.52. The maximum absolute atomic E-state index is 8.92. The average Bonchev–Trinajstić information content (AvgIpc) is 2.13. The van der Waals surface area contributed by atoms with E-state index in [1.54, 1.807) is 12.1 Å². The Hall–Kier alpha value is -1.22. The van der Waals surface area contributed by atoms with E-state index in [0.717, 1.165) is 24.4 Å². The topological polar surface area (TPSA) is 72.3 Å². The number of aryl methyl sites for hydroxylation is 1. The molecule has 0 radical (unpaired) electrons. The third kappa shape index (κ3) is 6.80. The molecule has 0 aliphatic heterocycles. The van der Waals surface area contributed by atoms with Crippen LogP contribution in [-0.4, -0.2) is 11.7 Å². The van der Waals surface area contributed by atoms with E-state index in [0.29, 0.717) is 5.69 Å². The van der Waals surface area contributed by atoms with Crippen LogP contribution in [0.4, 0.5) is 5.69 Å². The van der Waals surface area contributed by atoms with Gasteiger partial charge in [0.15, 0.2) is 0 Å². The van der Waals surface area contributed by atoms with Crippen LogP contribution in [0.25, 0.3) is 0 Å². The molecule has 0 atom stereocenters. The lowest BCUT2D eigenvalue weighted by Gasteiger charge is -1.97. The van der Waals surface area contributed by atoms with E-state index in [1.165, 1.54) is 0 Å². The molecule has 0 bridgehead atoms. The minimum atomic E-state index is 0.153. The molecule has 5 N–H and O–H groups in total.